The van der Waals surface area contributed by atoms with Gasteiger partial charge in [0.05, 0.1) is 0 Å². The Morgan fingerprint density at radius 2 is 0.863 bits per heavy atom. The van der Waals surface area contributed by atoms with Gasteiger partial charge in [-0.3, -0.25) is 0 Å². The van der Waals surface area contributed by atoms with Crippen LogP contribution in [-0.2, 0) is 0 Å². The first-order chi connectivity index (χ1) is 25.3. The first-order valence-electron chi connectivity index (χ1n) is 17.1. The summed E-state index contributed by atoms with van der Waals surface area (Å²) in [5.41, 5.74) is 7.66. The molecule has 0 saturated carbocycles. The van der Waals surface area contributed by atoms with Crippen molar-refractivity contribution in [2.24, 2.45) is 0 Å². The zero-order valence-electron chi connectivity index (χ0n) is 27.5. The fourth-order valence-electron chi connectivity index (χ4n) is 7.26. The van der Waals surface area contributed by atoms with E-state index in [1.807, 2.05) is 35.6 Å². The quantitative estimate of drug-likeness (QED) is 0.183. The second-order valence-electron chi connectivity index (χ2n) is 12.8. The summed E-state index contributed by atoms with van der Waals surface area (Å²) >= 11 is 1.85. The van der Waals surface area contributed by atoms with E-state index in [0.29, 0.717) is 17.5 Å². The fourth-order valence-corrected chi connectivity index (χ4v) is 8.41. The van der Waals surface area contributed by atoms with Crippen molar-refractivity contribution in [1.82, 2.24) is 15.0 Å². The van der Waals surface area contributed by atoms with Gasteiger partial charge in [0.1, 0.15) is 0 Å². The van der Waals surface area contributed by atoms with Gasteiger partial charge in [0.15, 0.2) is 17.5 Å². The fraction of sp³-hybridized carbons (Fsp3) is 0. The predicted molar refractivity (Wildman–Crippen MR) is 215 cm³/mol. The van der Waals surface area contributed by atoms with E-state index in [4.69, 9.17) is 15.0 Å². The predicted octanol–water partition coefficient (Wildman–Crippen LogP) is 12.9. The second-order valence-corrected chi connectivity index (χ2v) is 13.9. The molecule has 0 amide bonds. The third kappa shape index (κ3) is 5.16. The van der Waals surface area contributed by atoms with Gasteiger partial charge in [0, 0.05) is 36.9 Å². The molecule has 10 aromatic rings. The number of rotatable bonds is 5. The third-order valence-corrected chi connectivity index (χ3v) is 10.9. The van der Waals surface area contributed by atoms with Crippen LogP contribution in [0.15, 0.2) is 176 Å². The smallest absolute Gasteiger partial charge is 0.164 e. The van der Waals surface area contributed by atoms with Crippen molar-refractivity contribution in [3.8, 4) is 56.4 Å². The van der Waals surface area contributed by atoms with Crippen molar-refractivity contribution in [1.29, 1.82) is 0 Å². The highest BCUT2D eigenvalue weighted by molar-refractivity contribution is 7.25. The van der Waals surface area contributed by atoms with Crippen LogP contribution in [0.5, 0.6) is 0 Å². The summed E-state index contributed by atoms with van der Waals surface area (Å²) in [6.45, 7) is 0. The summed E-state index contributed by atoms with van der Waals surface area (Å²) in [7, 11) is 0. The van der Waals surface area contributed by atoms with Gasteiger partial charge >= 0.3 is 0 Å². The molecule has 51 heavy (non-hydrogen) atoms. The van der Waals surface area contributed by atoms with E-state index < -0.39 is 0 Å². The first-order valence-corrected chi connectivity index (χ1v) is 17.9. The van der Waals surface area contributed by atoms with Crippen molar-refractivity contribution in [3.05, 3.63) is 176 Å². The number of benzene rings is 8. The minimum atomic E-state index is 0.650. The van der Waals surface area contributed by atoms with Crippen LogP contribution >= 0.6 is 11.3 Å². The van der Waals surface area contributed by atoms with Crippen LogP contribution in [0.2, 0.25) is 0 Å². The van der Waals surface area contributed by atoms with Gasteiger partial charge in [0.25, 0.3) is 0 Å². The minimum absolute atomic E-state index is 0.650. The highest BCUT2D eigenvalue weighted by atomic mass is 32.1. The molecule has 10 rings (SSSR count). The largest absolute Gasteiger partial charge is 0.208 e. The van der Waals surface area contributed by atoms with Crippen LogP contribution < -0.4 is 0 Å². The van der Waals surface area contributed by atoms with Gasteiger partial charge in [-0.2, -0.15) is 0 Å². The Labute approximate surface area is 299 Å². The van der Waals surface area contributed by atoms with E-state index in [9.17, 15) is 0 Å². The zero-order chi connectivity index (χ0) is 33.7. The maximum Gasteiger partial charge on any atom is 0.164 e. The molecule has 8 aromatic carbocycles. The number of aromatic nitrogens is 3. The van der Waals surface area contributed by atoms with Gasteiger partial charge < -0.3 is 0 Å². The number of hydrogen-bond donors (Lipinski definition) is 0. The summed E-state index contributed by atoms with van der Waals surface area (Å²) in [6.07, 6.45) is 0. The molecule has 0 bridgehead atoms. The van der Waals surface area contributed by atoms with E-state index >= 15 is 0 Å². The van der Waals surface area contributed by atoms with Crippen molar-refractivity contribution in [3.63, 3.8) is 0 Å². The van der Waals surface area contributed by atoms with Crippen LogP contribution in [0.25, 0.3) is 98.1 Å². The SMILES string of the molecule is c1ccc(-c2ccc3c(-c4nc(-c5ccccc5)nc(-c5ccc(-c6ccc7c(c6)sc6ccccc67)c6ccccc56)n4)cccc3c2)cc1. The van der Waals surface area contributed by atoms with Crippen molar-refractivity contribution in [2.75, 3.05) is 0 Å². The molecular formula is C47H29N3S. The monoisotopic (exact) mass is 667 g/mol. The molecule has 4 heteroatoms. The Morgan fingerprint density at radius 1 is 0.294 bits per heavy atom. The number of thiophene rings is 1. The summed E-state index contributed by atoms with van der Waals surface area (Å²) in [6, 6.07) is 62.2. The molecule has 0 spiro atoms. The van der Waals surface area contributed by atoms with Gasteiger partial charge in [-0.1, -0.05) is 152 Å². The molecule has 0 aliphatic heterocycles. The molecule has 0 unspecified atom stereocenters. The van der Waals surface area contributed by atoms with Crippen molar-refractivity contribution < 1.29 is 0 Å². The number of hydrogen-bond acceptors (Lipinski definition) is 4. The first kappa shape index (κ1) is 29.4. The van der Waals surface area contributed by atoms with Crippen LogP contribution in [0.3, 0.4) is 0 Å². The van der Waals surface area contributed by atoms with E-state index in [1.165, 1.54) is 42.4 Å². The number of nitrogens with zero attached hydrogens (tertiary/aromatic N) is 3. The van der Waals surface area contributed by atoms with Gasteiger partial charge in [-0.15, -0.1) is 11.3 Å². The van der Waals surface area contributed by atoms with Crippen LogP contribution in [0.1, 0.15) is 0 Å². The van der Waals surface area contributed by atoms with E-state index in [2.05, 4.69) is 152 Å². The van der Waals surface area contributed by atoms with Crippen LogP contribution in [0, 0.1) is 0 Å². The molecule has 0 radical (unpaired) electrons. The summed E-state index contributed by atoms with van der Waals surface area (Å²) < 4.78 is 2.61. The average Bonchev–Trinajstić information content (AvgIpc) is 3.58. The highest BCUT2D eigenvalue weighted by Gasteiger charge is 2.18. The van der Waals surface area contributed by atoms with Crippen molar-refractivity contribution in [2.45, 2.75) is 0 Å². The van der Waals surface area contributed by atoms with Gasteiger partial charge in [0.2, 0.25) is 0 Å². The Hall–Kier alpha value is -6.49. The number of fused-ring (bicyclic) bond motifs is 5. The van der Waals surface area contributed by atoms with Crippen LogP contribution in [0.4, 0.5) is 0 Å². The maximum atomic E-state index is 5.23. The standard InChI is InChI=1S/C47H29N3S/c1-3-12-30(13-4-1)32-22-24-36-33(28-32)16-11-20-41(36)46-48-45(31-14-5-2-6-15-31)49-47(50-46)42-27-26-35(37-17-7-8-18-38(37)42)34-23-25-40-39-19-9-10-21-43(39)51-44(40)29-34/h1-29H. The lowest BCUT2D eigenvalue weighted by Gasteiger charge is -2.14. The van der Waals surface area contributed by atoms with Gasteiger partial charge in [-0.05, 0) is 68.1 Å². The molecule has 2 heterocycles. The lowest BCUT2D eigenvalue weighted by molar-refractivity contribution is 1.08. The molecule has 0 N–H and O–H groups in total. The Morgan fingerprint density at radius 3 is 1.65 bits per heavy atom. The Bertz CT molecular complexity index is 2910. The second kappa shape index (κ2) is 12.1. The van der Waals surface area contributed by atoms with Gasteiger partial charge in [-0.25, -0.2) is 15.0 Å². The molecule has 238 valence electrons. The molecule has 0 fully saturated rings. The summed E-state index contributed by atoms with van der Waals surface area (Å²) in [5.74, 6) is 1.96. The molecule has 2 aromatic heterocycles. The lowest BCUT2D eigenvalue weighted by Crippen LogP contribution is -2.01. The van der Waals surface area contributed by atoms with Crippen LogP contribution in [-0.4, -0.2) is 15.0 Å². The topological polar surface area (TPSA) is 38.7 Å². The molecule has 0 aliphatic rings. The molecule has 0 saturated heterocycles. The van der Waals surface area contributed by atoms with Crippen molar-refractivity contribution >= 4 is 53.1 Å². The lowest BCUT2D eigenvalue weighted by atomic mass is 9.94. The average molecular weight is 668 g/mol. The summed E-state index contributed by atoms with van der Waals surface area (Å²) in [5, 5.41) is 7.13. The van der Waals surface area contributed by atoms with E-state index in [-0.39, 0.29) is 0 Å². The molecule has 0 atom stereocenters. The highest BCUT2D eigenvalue weighted by Crippen LogP contribution is 2.40. The molecule has 3 nitrogen and oxygen atoms in total. The third-order valence-electron chi connectivity index (χ3n) is 9.75. The van der Waals surface area contributed by atoms with E-state index in [0.717, 1.165) is 38.2 Å². The summed E-state index contributed by atoms with van der Waals surface area (Å²) in [4.78, 5) is 15.5. The minimum Gasteiger partial charge on any atom is -0.208 e. The van der Waals surface area contributed by atoms with E-state index in [1.54, 1.807) is 0 Å². The molecular weight excluding hydrogens is 639 g/mol. The molecule has 0 aliphatic carbocycles. The Balaban J connectivity index is 1.15. The zero-order valence-corrected chi connectivity index (χ0v) is 28.3. The maximum absolute atomic E-state index is 5.23. The Kier molecular flexibility index (Phi) is 7.00. The normalized spacial score (nSPS) is 11.5.